The first-order chi connectivity index (χ1) is 7.67. The minimum absolute atomic E-state index is 0.186. The van der Waals surface area contributed by atoms with Gasteiger partial charge >= 0.3 is 15.6 Å². The topological polar surface area (TPSA) is 60.4 Å². The Hall–Kier alpha value is -1.09. The van der Waals surface area contributed by atoms with Crippen LogP contribution in [0.15, 0.2) is 22.7 Å². The van der Waals surface area contributed by atoms with Gasteiger partial charge in [-0.2, -0.15) is 21.6 Å². The highest BCUT2D eigenvalue weighted by atomic mass is 79.9. The molecule has 17 heavy (non-hydrogen) atoms. The highest BCUT2D eigenvalue weighted by Crippen LogP contribution is 2.29. The van der Waals surface area contributed by atoms with Crippen LogP contribution in [0, 0.1) is 0 Å². The number of halogens is 4. The Bertz CT molecular complexity index is 538. The predicted molar refractivity (Wildman–Crippen MR) is 55.1 cm³/mol. The molecule has 0 bridgehead atoms. The minimum Gasteiger partial charge on any atom is -0.375 e. The molecule has 1 aromatic carbocycles. The third kappa shape index (κ3) is 3.19. The number of hydrogen-bond acceptors (Lipinski definition) is 4. The van der Waals surface area contributed by atoms with E-state index in [9.17, 15) is 26.4 Å². The zero-order chi connectivity index (χ0) is 13.3. The Morgan fingerprint density at radius 2 is 1.88 bits per heavy atom. The van der Waals surface area contributed by atoms with Gasteiger partial charge in [0.15, 0.2) is 12.0 Å². The Morgan fingerprint density at radius 3 is 2.35 bits per heavy atom. The second-order valence-corrected chi connectivity index (χ2v) is 5.24. The summed E-state index contributed by atoms with van der Waals surface area (Å²) in [5.74, 6) is -0.680. The van der Waals surface area contributed by atoms with E-state index in [2.05, 4.69) is 20.1 Å². The van der Waals surface area contributed by atoms with Crippen LogP contribution < -0.4 is 4.18 Å². The van der Waals surface area contributed by atoms with Gasteiger partial charge in [0, 0.05) is 4.47 Å². The van der Waals surface area contributed by atoms with Crippen molar-refractivity contribution in [3.05, 3.63) is 28.2 Å². The molecule has 0 saturated carbocycles. The maximum Gasteiger partial charge on any atom is 0.534 e. The van der Waals surface area contributed by atoms with Crippen molar-refractivity contribution in [3.63, 3.8) is 0 Å². The quantitative estimate of drug-likeness (QED) is 0.484. The summed E-state index contributed by atoms with van der Waals surface area (Å²) >= 11 is 2.97. The standard InChI is InChI=1S/C8H4BrF3O4S/c9-6-1-2-7(5(3-6)4-13)16-17(14,15)8(10,11)12/h1-4H. The lowest BCUT2D eigenvalue weighted by Crippen LogP contribution is -2.28. The number of benzene rings is 1. The fraction of sp³-hybridized carbons (Fsp3) is 0.125. The van der Waals surface area contributed by atoms with Crippen molar-refractivity contribution >= 4 is 32.3 Å². The van der Waals surface area contributed by atoms with Gasteiger partial charge in [-0.25, -0.2) is 0 Å². The fourth-order valence-corrected chi connectivity index (χ4v) is 1.71. The summed E-state index contributed by atoms with van der Waals surface area (Å²) in [6, 6.07) is 3.32. The maximum atomic E-state index is 12.0. The summed E-state index contributed by atoms with van der Waals surface area (Å²) in [7, 11) is -5.77. The van der Waals surface area contributed by atoms with Crippen LogP contribution in [0.3, 0.4) is 0 Å². The molecule has 0 radical (unpaired) electrons. The summed E-state index contributed by atoms with van der Waals surface area (Å²) in [5.41, 5.74) is -5.85. The summed E-state index contributed by atoms with van der Waals surface area (Å²) < 4.78 is 61.7. The fourth-order valence-electron chi connectivity index (χ4n) is 0.853. The monoisotopic (exact) mass is 332 g/mol. The summed E-state index contributed by atoms with van der Waals surface area (Å²) in [5, 5.41) is 0. The SMILES string of the molecule is O=Cc1cc(Br)ccc1OS(=O)(=O)C(F)(F)F. The molecule has 0 N–H and O–H groups in total. The van der Waals surface area contributed by atoms with Crippen molar-refractivity contribution in [3.8, 4) is 5.75 Å². The van der Waals surface area contributed by atoms with E-state index >= 15 is 0 Å². The average molecular weight is 333 g/mol. The molecule has 0 atom stereocenters. The van der Waals surface area contributed by atoms with Gasteiger partial charge in [-0.05, 0) is 18.2 Å². The molecule has 1 rings (SSSR count). The lowest BCUT2D eigenvalue weighted by Gasteiger charge is -2.10. The second kappa shape index (κ2) is 4.65. The van der Waals surface area contributed by atoms with E-state index in [1.807, 2.05) is 0 Å². The first kappa shape index (κ1) is 14.0. The van der Waals surface area contributed by atoms with E-state index in [1.54, 1.807) is 0 Å². The molecule has 0 aliphatic carbocycles. The Kier molecular flexibility index (Phi) is 3.82. The van der Waals surface area contributed by atoms with E-state index in [1.165, 1.54) is 6.07 Å². The smallest absolute Gasteiger partial charge is 0.375 e. The van der Waals surface area contributed by atoms with E-state index < -0.39 is 21.4 Å². The van der Waals surface area contributed by atoms with Gasteiger partial charge in [0.2, 0.25) is 0 Å². The Morgan fingerprint density at radius 1 is 1.29 bits per heavy atom. The van der Waals surface area contributed by atoms with Crippen LogP contribution in [0.5, 0.6) is 5.75 Å². The van der Waals surface area contributed by atoms with Crippen LogP contribution in [0.2, 0.25) is 0 Å². The van der Waals surface area contributed by atoms with Gasteiger partial charge in [-0.1, -0.05) is 15.9 Å². The van der Waals surface area contributed by atoms with Crippen LogP contribution in [0.25, 0.3) is 0 Å². The zero-order valence-electron chi connectivity index (χ0n) is 7.86. The van der Waals surface area contributed by atoms with Gasteiger partial charge in [-0.3, -0.25) is 4.79 Å². The number of rotatable bonds is 3. The summed E-state index contributed by atoms with van der Waals surface area (Å²) in [6.45, 7) is 0. The molecule has 0 aliphatic rings. The lowest BCUT2D eigenvalue weighted by molar-refractivity contribution is -0.0500. The molecule has 0 amide bonds. The molecule has 1 aromatic rings. The number of alkyl halides is 3. The van der Waals surface area contributed by atoms with Crippen LogP contribution in [-0.4, -0.2) is 20.2 Å². The van der Waals surface area contributed by atoms with E-state index in [0.717, 1.165) is 12.1 Å². The second-order valence-electron chi connectivity index (χ2n) is 2.78. The molecule has 0 fully saturated rings. The average Bonchev–Trinajstić information content (AvgIpc) is 2.18. The number of carbonyl (C=O) groups is 1. The third-order valence-corrected chi connectivity index (χ3v) is 3.04. The molecule has 9 heteroatoms. The van der Waals surface area contributed by atoms with Gasteiger partial charge in [0.1, 0.15) is 0 Å². The molecule has 0 heterocycles. The van der Waals surface area contributed by atoms with E-state index in [-0.39, 0.29) is 11.8 Å². The summed E-state index contributed by atoms with van der Waals surface area (Å²) in [4.78, 5) is 10.5. The molecule has 0 spiro atoms. The van der Waals surface area contributed by atoms with Crippen LogP contribution in [0.4, 0.5) is 13.2 Å². The molecular formula is C8H4BrF3O4S. The van der Waals surface area contributed by atoms with Crippen LogP contribution in [0.1, 0.15) is 10.4 Å². The first-order valence-corrected chi connectivity index (χ1v) is 6.13. The van der Waals surface area contributed by atoms with Crippen molar-refractivity contribution < 1.29 is 30.6 Å². The zero-order valence-corrected chi connectivity index (χ0v) is 10.3. The Balaban J connectivity index is 3.17. The molecular weight excluding hydrogens is 329 g/mol. The highest BCUT2D eigenvalue weighted by Gasteiger charge is 2.48. The molecule has 0 unspecified atom stereocenters. The molecule has 94 valence electrons. The number of hydrogen-bond donors (Lipinski definition) is 0. The molecule has 4 nitrogen and oxygen atoms in total. The van der Waals surface area contributed by atoms with Crippen molar-refractivity contribution in [1.82, 2.24) is 0 Å². The normalized spacial score (nSPS) is 12.2. The number of aldehydes is 1. The van der Waals surface area contributed by atoms with E-state index in [4.69, 9.17) is 0 Å². The third-order valence-electron chi connectivity index (χ3n) is 1.58. The van der Waals surface area contributed by atoms with Crippen LogP contribution in [-0.2, 0) is 10.1 Å². The molecule has 0 aromatic heterocycles. The first-order valence-electron chi connectivity index (χ1n) is 3.93. The largest absolute Gasteiger partial charge is 0.534 e. The summed E-state index contributed by atoms with van der Waals surface area (Å²) in [6.07, 6.45) is 0.186. The molecule has 0 aliphatic heterocycles. The minimum atomic E-state index is -5.77. The lowest BCUT2D eigenvalue weighted by atomic mass is 10.2. The maximum absolute atomic E-state index is 12.0. The predicted octanol–water partition coefficient (Wildman–Crippen LogP) is 2.49. The van der Waals surface area contributed by atoms with Crippen molar-refractivity contribution in [2.75, 3.05) is 0 Å². The van der Waals surface area contributed by atoms with Gasteiger partial charge in [0.25, 0.3) is 0 Å². The van der Waals surface area contributed by atoms with Crippen LogP contribution >= 0.6 is 15.9 Å². The van der Waals surface area contributed by atoms with Crippen molar-refractivity contribution in [2.45, 2.75) is 5.51 Å². The number of carbonyl (C=O) groups excluding carboxylic acids is 1. The molecule has 0 saturated heterocycles. The highest BCUT2D eigenvalue weighted by molar-refractivity contribution is 9.10. The Labute approximate surface area is 103 Å². The van der Waals surface area contributed by atoms with Crippen molar-refractivity contribution in [1.29, 1.82) is 0 Å². The van der Waals surface area contributed by atoms with Gasteiger partial charge in [0.05, 0.1) is 5.56 Å². The van der Waals surface area contributed by atoms with E-state index in [0.29, 0.717) is 4.47 Å². The van der Waals surface area contributed by atoms with Gasteiger partial charge < -0.3 is 4.18 Å². The van der Waals surface area contributed by atoms with Gasteiger partial charge in [-0.15, -0.1) is 0 Å². The van der Waals surface area contributed by atoms with Crippen molar-refractivity contribution in [2.24, 2.45) is 0 Å².